The molecule has 1 nitrogen and oxygen atoms in total. The Kier molecular flexibility index (Phi) is 3.54. The Bertz CT molecular complexity index is 363. The smallest absolute Gasteiger partial charge is 0.254 e. The largest absolute Gasteiger partial charge is 0.312 e. The quantitative estimate of drug-likeness (QED) is 0.830. The number of fused-ring (bicyclic) bond motifs is 1. The molecule has 0 amide bonds. The van der Waals surface area contributed by atoms with E-state index in [4.69, 9.17) is 0 Å². The zero-order valence-electron chi connectivity index (χ0n) is 9.47. The minimum atomic E-state index is -2.31. The summed E-state index contributed by atoms with van der Waals surface area (Å²) < 4.78 is 25.2. The number of benzene rings is 1. The van der Waals surface area contributed by atoms with Crippen molar-refractivity contribution in [2.45, 2.75) is 38.2 Å². The number of halogens is 2. The number of alkyl halides is 2. The first-order chi connectivity index (χ1) is 7.70. The summed E-state index contributed by atoms with van der Waals surface area (Å²) in [6, 6.07) is 5.43. The minimum absolute atomic E-state index is 0.404. The van der Waals surface area contributed by atoms with E-state index in [0.29, 0.717) is 6.42 Å². The maximum atomic E-state index is 12.6. The number of rotatable bonds is 4. The van der Waals surface area contributed by atoms with Crippen LogP contribution in [0.4, 0.5) is 8.78 Å². The average Bonchev–Trinajstić information content (AvgIpc) is 2.72. The Labute approximate surface area is 94.9 Å². The monoisotopic (exact) mass is 225 g/mol. The summed E-state index contributed by atoms with van der Waals surface area (Å²) in [5, 5.41) is 2.67. The summed E-state index contributed by atoms with van der Waals surface area (Å²) >= 11 is 0. The number of likely N-dealkylation sites (N-methyl/N-ethyl adjacent to an activating group) is 1. The van der Waals surface area contributed by atoms with Crippen LogP contribution in [-0.2, 0) is 19.3 Å². The fourth-order valence-corrected chi connectivity index (χ4v) is 2.32. The minimum Gasteiger partial charge on any atom is -0.312 e. The third-order valence-corrected chi connectivity index (χ3v) is 3.29. The predicted octanol–water partition coefficient (Wildman–Crippen LogP) is 2.57. The van der Waals surface area contributed by atoms with Crippen molar-refractivity contribution in [1.29, 1.82) is 0 Å². The average molecular weight is 225 g/mol. The Balaban J connectivity index is 2.10. The first-order valence-corrected chi connectivity index (χ1v) is 5.77. The highest BCUT2D eigenvalue weighted by Crippen LogP contribution is 2.23. The van der Waals surface area contributed by atoms with E-state index in [-0.39, 0.29) is 0 Å². The predicted molar refractivity (Wildman–Crippen MR) is 61.0 cm³/mol. The molecule has 0 fully saturated rings. The molecule has 0 aliphatic heterocycles. The highest BCUT2D eigenvalue weighted by atomic mass is 19.3. The summed E-state index contributed by atoms with van der Waals surface area (Å²) in [4.78, 5) is 0. The van der Waals surface area contributed by atoms with E-state index in [9.17, 15) is 8.78 Å². The summed E-state index contributed by atoms with van der Waals surface area (Å²) in [5.74, 6) is 0. The lowest BCUT2D eigenvalue weighted by molar-refractivity contribution is 0.102. The van der Waals surface area contributed by atoms with Crippen LogP contribution in [0.15, 0.2) is 18.2 Å². The van der Waals surface area contributed by atoms with Crippen molar-refractivity contribution < 1.29 is 8.78 Å². The standard InChI is InChI=1S/C13H17F2N/c1-16-12(13(14)15)8-9-5-6-10-3-2-4-11(10)7-9/h5-7,12-13,16H,2-4,8H2,1H3. The van der Waals surface area contributed by atoms with Crippen LogP contribution in [0.5, 0.6) is 0 Å². The summed E-state index contributed by atoms with van der Waals surface area (Å²) in [5.41, 5.74) is 3.75. The molecular weight excluding hydrogens is 208 g/mol. The third-order valence-electron chi connectivity index (χ3n) is 3.29. The fourth-order valence-electron chi connectivity index (χ4n) is 2.32. The van der Waals surface area contributed by atoms with Gasteiger partial charge in [-0.1, -0.05) is 18.2 Å². The van der Waals surface area contributed by atoms with Crippen molar-refractivity contribution in [2.24, 2.45) is 0 Å². The van der Waals surface area contributed by atoms with Crippen molar-refractivity contribution in [1.82, 2.24) is 5.32 Å². The van der Waals surface area contributed by atoms with Crippen molar-refractivity contribution in [2.75, 3.05) is 7.05 Å². The molecule has 88 valence electrons. The van der Waals surface area contributed by atoms with E-state index in [1.807, 2.05) is 6.07 Å². The van der Waals surface area contributed by atoms with Crippen LogP contribution in [0.25, 0.3) is 0 Å². The molecule has 0 aromatic heterocycles. The van der Waals surface area contributed by atoms with Gasteiger partial charge in [0.05, 0.1) is 6.04 Å². The molecule has 1 aromatic carbocycles. The van der Waals surface area contributed by atoms with E-state index < -0.39 is 12.5 Å². The van der Waals surface area contributed by atoms with Gasteiger partial charge in [0.15, 0.2) is 0 Å². The molecule has 1 aromatic rings. The number of hydrogen-bond acceptors (Lipinski definition) is 1. The third kappa shape index (κ3) is 2.40. The number of hydrogen-bond donors (Lipinski definition) is 1. The van der Waals surface area contributed by atoms with Crippen molar-refractivity contribution in [3.05, 3.63) is 34.9 Å². The molecule has 0 radical (unpaired) electrons. The van der Waals surface area contributed by atoms with Gasteiger partial charge in [0.2, 0.25) is 0 Å². The molecule has 1 atom stereocenters. The van der Waals surface area contributed by atoms with Gasteiger partial charge >= 0.3 is 0 Å². The lowest BCUT2D eigenvalue weighted by Crippen LogP contribution is -2.34. The molecule has 1 aliphatic rings. The summed E-state index contributed by atoms with van der Waals surface area (Å²) in [6.07, 6.45) is 1.53. The zero-order valence-corrected chi connectivity index (χ0v) is 9.47. The maximum Gasteiger partial charge on any atom is 0.254 e. The van der Waals surface area contributed by atoms with Crippen LogP contribution in [0.2, 0.25) is 0 Å². The number of nitrogens with one attached hydrogen (secondary N) is 1. The van der Waals surface area contributed by atoms with Crippen molar-refractivity contribution in [3.8, 4) is 0 Å². The second-order valence-electron chi connectivity index (χ2n) is 4.39. The van der Waals surface area contributed by atoms with Crippen LogP contribution in [0.3, 0.4) is 0 Å². The van der Waals surface area contributed by atoms with Crippen LogP contribution in [0.1, 0.15) is 23.1 Å². The molecule has 3 heteroatoms. The normalized spacial score (nSPS) is 16.5. The van der Waals surface area contributed by atoms with Gasteiger partial charge in [-0.2, -0.15) is 0 Å². The Hall–Kier alpha value is -0.960. The molecule has 1 N–H and O–H groups in total. The molecule has 2 rings (SSSR count). The Morgan fingerprint density at radius 1 is 1.25 bits per heavy atom. The molecule has 0 spiro atoms. The van der Waals surface area contributed by atoms with E-state index in [1.165, 1.54) is 17.5 Å². The van der Waals surface area contributed by atoms with Gasteiger partial charge in [-0.05, 0) is 49.4 Å². The van der Waals surface area contributed by atoms with Gasteiger partial charge < -0.3 is 5.32 Å². The van der Waals surface area contributed by atoms with E-state index in [1.54, 1.807) is 7.05 Å². The van der Waals surface area contributed by atoms with E-state index in [0.717, 1.165) is 18.4 Å². The lowest BCUT2D eigenvalue weighted by Gasteiger charge is -2.15. The van der Waals surface area contributed by atoms with Gasteiger partial charge in [-0.15, -0.1) is 0 Å². The summed E-state index contributed by atoms with van der Waals surface area (Å²) in [7, 11) is 1.59. The topological polar surface area (TPSA) is 12.0 Å². The molecule has 0 saturated heterocycles. The van der Waals surface area contributed by atoms with Crippen molar-refractivity contribution in [3.63, 3.8) is 0 Å². The molecule has 1 aliphatic carbocycles. The van der Waals surface area contributed by atoms with Gasteiger partial charge in [-0.3, -0.25) is 0 Å². The van der Waals surface area contributed by atoms with Crippen LogP contribution < -0.4 is 5.32 Å². The SMILES string of the molecule is CNC(Cc1ccc2c(c1)CCC2)C(F)F. The Morgan fingerprint density at radius 3 is 2.69 bits per heavy atom. The van der Waals surface area contributed by atoms with E-state index in [2.05, 4.69) is 17.4 Å². The van der Waals surface area contributed by atoms with Crippen LogP contribution in [-0.4, -0.2) is 19.5 Å². The first-order valence-electron chi connectivity index (χ1n) is 5.77. The fraction of sp³-hybridized carbons (Fsp3) is 0.538. The van der Waals surface area contributed by atoms with Gasteiger partial charge in [0.25, 0.3) is 6.43 Å². The number of aryl methyl sites for hydroxylation is 2. The molecule has 16 heavy (non-hydrogen) atoms. The second kappa shape index (κ2) is 4.91. The van der Waals surface area contributed by atoms with E-state index >= 15 is 0 Å². The van der Waals surface area contributed by atoms with Crippen molar-refractivity contribution >= 4 is 0 Å². The molecular formula is C13H17F2N. The second-order valence-corrected chi connectivity index (χ2v) is 4.39. The van der Waals surface area contributed by atoms with Crippen LogP contribution in [0, 0.1) is 0 Å². The lowest BCUT2D eigenvalue weighted by atomic mass is 10.0. The van der Waals surface area contributed by atoms with Gasteiger partial charge in [0.1, 0.15) is 0 Å². The first kappa shape index (κ1) is 11.5. The molecule has 0 bridgehead atoms. The molecule has 1 unspecified atom stereocenters. The summed E-state index contributed by atoms with van der Waals surface area (Å²) in [6.45, 7) is 0. The Morgan fingerprint density at radius 2 is 2.00 bits per heavy atom. The van der Waals surface area contributed by atoms with Gasteiger partial charge in [-0.25, -0.2) is 8.78 Å². The molecule has 0 heterocycles. The maximum absolute atomic E-state index is 12.6. The molecule has 0 saturated carbocycles. The van der Waals surface area contributed by atoms with Crippen LogP contribution >= 0.6 is 0 Å². The highest BCUT2D eigenvalue weighted by Gasteiger charge is 2.19. The highest BCUT2D eigenvalue weighted by molar-refractivity contribution is 5.35. The van der Waals surface area contributed by atoms with Gasteiger partial charge in [0, 0.05) is 0 Å². The zero-order chi connectivity index (χ0) is 11.5.